The second kappa shape index (κ2) is 7.53. The maximum Gasteiger partial charge on any atom is 0.259 e. The summed E-state index contributed by atoms with van der Waals surface area (Å²) in [4.78, 5) is 17.1. The van der Waals surface area contributed by atoms with Crippen molar-refractivity contribution in [3.8, 4) is 16.4 Å². The Morgan fingerprint density at radius 2 is 1.93 bits per heavy atom. The first kappa shape index (κ1) is 18.3. The largest absolute Gasteiger partial charge is 0.306 e. The Morgan fingerprint density at radius 1 is 1.18 bits per heavy atom. The first-order valence-electron chi connectivity index (χ1n) is 8.35. The van der Waals surface area contributed by atoms with E-state index in [1.165, 1.54) is 34.2 Å². The molecule has 0 bridgehead atoms. The molecule has 5 nitrogen and oxygen atoms in total. The molecule has 2 aromatic heterocycles. The molecule has 28 heavy (non-hydrogen) atoms. The van der Waals surface area contributed by atoms with Crippen LogP contribution in [0.1, 0.15) is 16.1 Å². The Labute approximate surface area is 169 Å². The number of nitrogens with zero attached hydrogens (tertiary/aromatic N) is 3. The Kier molecular flexibility index (Phi) is 4.93. The van der Waals surface area contributed by atoms with Gasteiger partial charge in [0.1, 0.15) is 11.6 Å². The van der Waals surface area contributed by atoms with Crippen LogP contribution in [0.3, 0.4) is 0 Å². The van der Waals surface area contributed by atoms with Gasteiger partial charge in [-0.05, 0) is 31.2 Å². The molecule has 0 aliphatic heterocycles. The van der Waals surface area contributed by atoms with Crippen LogP contribution < -0.4 is 5.32 Å². The lowest BCUT2D eigenvalue weighted by atomic mass is 10.2. The molecule has 1 N–H and O–H groups in total. The predicted molar refractivity (Wildman–Crippen MR) is 109 cm³/mol. The number of benzene rings is 2. The van der Waals surface area contributed by atoms with Crippen molar-refractivity contribution < 1.29 is 9.18 Å². The third-order valence-electron chi connectivity index (χ3n) is 4.00. The van der Waals surface area contributed by atoms with Gasteiger partial charge < -0.3 is 5.32 Å². The van der Waals surface area contributed by atoms with E-state index >= 15 is 0 Å². The Morgan fingerprint density at radius 3 is 2.68 bits per heavy atom. The number of amides is 1. The van der Waals surface area contributed by atoms with Crippen LogP contribution in [0.15, 0.2) is 60.0 Å². The molecular weight excluding hydrogens is 399 g/mol. The summed E-state index contributed by atoms with van der Waals surface area (Å²) in [5, 5.41) is 10.3. The van der Waals surface area contributed by atoms with Crippen molar-refractivity contribution in [1.29, 1.82) is 0 Å². The van der Waals surface area contributed by atoms with Gasteiger partial charge in [0, 0.05) is 22.0 Å². The van der Waals surface area contributed by atoms with E-state index in [0.717, 1.165) is 11.3 Å². The van der Waals surface area contributed by atoms with Crippen LogP contribution in [-0.4, -0.2) is 20.7 Å². The SMILES string of the molecule is Cc1cc(NC(=O)c2ccccc2F)n(-c2nc(-c3ccc(Cl)cc3)cs2)n1. The molecule has 0 saturated heterocycles. The van der Waals surface area contributed by atoms with Gasteiger partial charge in [0.05, 0.1) is 17.0 Å². The highest BCUT2D eigenvalue weighted by atomic mass is 35.5. The van der Waals surface area contributed by atoms with Crippen LogP contribution in [0.25, 0.3) is 16.4 Å². The van der Waals surface area contributed by atoms with Crippen LogP contribution >= 0.6 is 22.9 Å². The van der Waals surface area contributed by atoms with Crippen molar-refractivity contribution in [2.45, 2.75) is 6.92 Å². The lowest BCUT2D eigenvalue weighted by molar-refractivity contribution is 0.102. The number of aromatic nitrogens is 3. The van der Waals surface area contributed by atoms with Gasteiger partial charge in [-0.2, -0.15) is 9.78 Å². The second-order valence-electron chi connectivity index (χ2n) is 6.04. The average molecular weight is 413 g/mol. The highest BCUT2D eigenvalue weighted by Gasteiger charge is 2.17. The number of halogens is 2. The highest BCUT2D eigenvalue weighted by molar-refractivity contribution is 7.12. The topological polar surface area (TPSA) is 59.8 Å². The molecule has 0 atom stereocenters. The summed E-state index contributed by atoms with van der Waals surface area (Å²) < 4.78 is 15.4. The van der Waals surface area contributed by atoms with Crippen LogP contribution in [0.2, 0.25) is 5.02 Å². The van der Waals surface area contributed by atoms with E-state index in [2.05, 4.69) is 15.4 Å². The van der Waals surface area contributed by atoms with Gasteiger partial charge in [0.2, 0.25) is 5.13 Å². The summed E-state index contributed by atoms with van der Waals surface area (Å²) in [7, 11) is 0. The molecule has 2 heterocycles. The smallest absolute Gasteiger partial charge is 0.259 e. The quantitative estimate of drug-likeness (QED) is 0.491. The molecule has 0 spiro atoms. The molecule has 0 saturated carbocycles. The zero-order chi connectivity index (χ0) is 19.7. The molecule has 0 fully saturated rings. The van der Waals surface area contributed by atoms with Crippen molar-refractivity contribution in [2.24, 2.45) is 0 Å². The fourth-order valence-corrected chi connectivity index (χ4v) is 3.60. The van der Waals surface area contributed by atoms with Crippen molar-refractivity contribution in [2.75, 3.05) is 5.32 Å². The Bertz CT molecular complexity index is 1150. The number of hydrogen-bond acceptors (Lipinski definition) is 4. The van der Waals surface area contributed by atoms with Gasteiger partial charge in [-0.15, -0.1) is 11.3 Å². The van der Waals surface area contributed by atoms with Crippen molar-refractivity contribution in [3.05, 3.63) is 82.1 Å². The lowest BCUT2D eigenvalue weighted by Crippen LogP contribution is -2.16. The Balaban J connectivity index is 1.64. The summed E-state index contributed by atoms with van der Waals surface area (Å²) >= 11 is 7.32. The highest BCUT2D eigenvalue weighted by Crippen LogP contribution is 2.27. The van der Waals surface area contributed by atoms with Gasteiger partial charge in [-0.3, -0.25) is 4.79 Å². The van der Waals surface area contributed by atoms with E-state index in [1.54, 1.807) is 24.3 Å². The fraction of sp³-hybridized carbons (Fsp3) is 0.0500. The molecule has 0 radical (unpaired) electrons. The number of hydrogen-bond donors (Lipinski definition) is 1. The number of rotatable bonds is 4. The third kappa shape index (κ3) is 3.67. The zero-order valence-electron chi connectivity index (χ0n) is 14.7. The van der Waals surface area contributed by atoms with E-state index in [9.17, 15) is 9.18 Å². The summed E-state index contributed by atoms with van der Waals surface area (Å²) in [6.45, 7) is 1.81. The van der Waals surface area contributed by atoms with Crippen LogP contribution in [0.4, 0.5) is 10.2 Å². The van der Waals surface area contributed by atoms with Crippen LogP contribution in [0.5, 0.6) is 0 Å². The number of aryl methyl sites for hydroxylation is 1. The first-order chi connectivity index (χ1) is 13.5. The zero-order valence-corrected chi connectivity index (χ0v) is 16.3. The molecule has 1 amide bonds. The van der Waals surface area contributed by atoms with E-state index in [4.69, 9.17) is 11.6 Å². The minimum atomic E-state index is -0.581. The van der Waals surface area contributed by atoms with Gasteiger partial charge in [-0.25, -0.2) is 9.37 Å². The van der Waals surface area contributed by atoms with Crippen molar-refractivity contribution in [3.63, 3.8) is 0 Å². The molecule has 4 aromatic rings. The number of nitrogens with one attached hydrogen (secondary N) is 1. The molecule has 0 aliphatic carbocycles. The van der Waals surface area contributed by atoms with Crippen LogP contribution in [0, 0.1) is 12.7 Å². The molecule has 140 valence electrons. The molecule has 2 aromatic carbocycles. The number of carbonyl (C=O) groups is 1. The normalized spacial score (nSPS) is 10.8. The second-order valence-corrected chi connectivity index (χ2v) is 7.31. The van der Waals surface area contributed by atoms with E-state index in [0.29, 0.717) is 21.7 Å². The van der Waals surface area contributed by atoms with E-state index < -0.39 is 11.7 Å². The van der Waals surface area contributed by atoms with Gasteiger partial charge in [-0.1, -0.05) is 35.9 Å². The minimum absolute atomic E-state index is 0.0334. The summed E-state index contributed by atoms with van der Waals surface area (Å²) in [6.07, 6.45) is 0. The predicted octanol–water partition coefficient (Wildman–Crippen LogP) is 5.35. The maximum atomic E-state index is 13.9. The summed E-state index contributed by atoms with van der Waals surface area (Å²) in [5.41, 5.74) is 2.37. The molecule has 0 unspecified atom stereocenters. The van der Waals surface area contributed by atoms with Gasteiger partial charge in [0.25, 0.3) is 5.91 Å². The van der Waals surface area contributed by atoms with Crippen molar-refractivity contribution in [1.82, 2.24) is 14.8 Å². The van der Waals surface area contributed by atoms with Crippen LogP contribution in [-0.2, 0) is 0 Å². The maximum absolute atomic E-state index is 13.9. The fourth-order valence-electron chi connectivity index (χ4n) is 2.68. The number of thiazole rings is 1. The molecular formula is C20H14ClFN4OS. The summed E-state index contributed by atoms with van der Waals surface area (Å²) in [5.74, 6) is -0.710. The minimum Gasteiger partial charge on any atom is -0.306 e. The standard InChI is InChI=1S/C20H14ClFN4OS/c1-12-10-18(24-19(27)15-4-2-3-5-16(15)22)26(25-12)20-23-17(11-28-20)13-6-8-14(21)9-7-13/h2-11H,1H3,(H,24,27). The van der Waals surface area contributed by atoms with Crippen molar-refractivity contribution >= 4 is 34.7 Å². The summed E-state index contributed by atoms with van der Waals surface area (Å²) in [6, 6.07) is 14.9. The third-order valence-corrected chi connectivity index (χ3v) is 5.07. The lowest BCUT2D eigenvalue weighted by Gasteiger charge is -2.07. The van der Waals surface area contributed by atoms with E-state index in [-0.39, 0.29) is 5.56 Å². The Hall–Kier alpha value is -3.03. The monoisotopic (exact) mass is 412 g/mol. The number of carbonyl (C=O) groups excluding carboxylic acids is 1. The van der Waals surface area contributed by atoms with E-state index in [1.807, 2.05) is 24.4 Å². The molecule has 8 heteroatoms. The molecule has 0 aliphatic rings. The molecule has 4 rings (SSSR count). The average Bonchev–Trinajstić information content (AvgIpc) is 3.29. The number of anilines is 1. The van der Waals surface area contributed by atoms with Gasteiger partial charge >= 0.3 is 0 Å². The first-order valence-corrected chi connectivity index (χ1v) is 9.61. The van der Waals surface area contributed by atoms with Gasteiger partial charge in [0.15, 0.2) is 0 Å².